The van der Waals surface area contributed by atoms with E-state index in [2.05, 4.69) is 12.1 Å². The van der Waals surface area contributed by atoms with Crippen molar-refractivity contribution in [3.63, 3.8) is 0 Å². The van der Waals surface area contributed by atoms with E-state index in [0.29, 0.717) is 6.42 Å². The van der Waals surface area contributed by atoms with Gasteiger partial charge >= 0.3 is 5.97 Å². The van der Waals surface area contributed by atoms with Crippen LogP contribution in [0.3, 0.4) is 0 Å². The largest absolute Gasteiger partial charge is 0.469 e. The number of amides is 1. The van der Waals surface area contributed by atoms with E-state index in [9.17, 15) is 9.59 Å². The number of carbonyl (C=O) groups excluding carboxylic acids is 2. The number of carbonyl (C=O) groups is 2. The lowest BCUT2D eigenvalue weighted by Crippen LogP contribution is -2.40. The molecule has 2 rings (SSSR count). The molecule has 4 nitrogen and oxygen atoms in total. The third-order valence-corrected chi connectivity index (χ3v) is 4.49. The first-order chi connectivity index (χ1) is 10.9. The molecule has 0 N–H and O–H groups in total. The van der Waals surface area contributed by atoms with Gasteiger partial charge in [-0.25, -0.2) is 0 Å². The van der Waals surface area contributed by atoms with Crippen molar-refractivity contribution in [1.29, 1.82) is 0 Å². The number of benzene rings is 1. The summed E-state index contributed by atoms with van der Waals surface area (Å²) in [6.07, 6.45) is 3.83. The summed E-state index contributed by atoms with van der Waals surface area (Å²) in [5, 5.41) is 0. The van der Waals surface area contributed by atoms with Crippen LogP contribution in [0.15, 0.2) is 30.3 Å². The average molecular weight is 317 g/mol. The maximum absolute atomic E-state index is 12.8. The molecular weight excluding hydrogens is 290 g/mol. The number of methoxy groups -OCH3 is 1. The molecule has 0 spiro atoms. The van der Waals surface area contributed by atoms with Crippen LogP contribution < -0.4 is 0 Å². The number of esters is 1. The predicted octanol–water partition coefficient (Wildman–Crippen LogP) is 3.72. The molecule has 0 aliphatic carbocycles. The second-order valence-corrected chi connectivity index (χ2v) is 7.10. The van der Waals surface area contributed by atoms with Gasteiger partial charge in [-0.2, -0.15) is 0 Å². The summed E-state index contributed by atoms with van der Waals surface area (Å²) in [4.78, 5) is 26.4. The van der Waals surface area contributed by atoms with Gasteiger partial charge in [0.2, 0.25) is 5.91 Å². The maximum atomic E-state index is 12.8. The van der Waals surface area contributed by atoms with Crippen LogP contribution in [-0.2, 0) is 14.3 Å². The van der Waals surface area contributed by atoms with E-state index in [-0.39, 0.29) is 29.8 Å². The van der Waals surface area contributed by atoms with Gasteiger partial charge in [0.25, 0.3) is 0 Å². The molecule has 1 heterocycles. The number of hydrogen-bond acceptors (Lipinski definition) is 3. The van der Waals surface area contributed by atoms with E-state index in [0.717, 1.165) is 25.8 Å². The van der Waals surface area contributed by atoms with E-state index in [1.165, 1.54) is 12.7 Å². The molecule has 23 heavy (non-hydrogen) atoms. The number of likely N-dealkylation sites (tertiary alicyclic amines) is 1. The Kier molecular flexibility index (Phi) is 5.80. The fourth-order valence-corrected chi connectivity index (χ4v) is 3.29. The third kappa shape index (κ3) is 4.81. The second-order valence-electron chi connectivity index (χ2n) is 7.10. The lowest BCUT2D eigenvalue weighted by atomic mass is 9.84. The summed E-state index contributed by atoms with van der Waals surface area (Å²) in [6.45, 7) is 4.69. The summed E-state index contributed by atoms with van der Waals surface area (Å²) >= 11 is 0. The van der Waals surface area contributed by atoms with Gasteiger partial charge in [0.1, 0.15) is 0 Å². The SMILES string of the molecule is COC(=O)CC(C)(C)CC(=O)N1CCCC[C@@H]1c1ccccc1. The van der Waals surface area contributed by atoms with Crippen LogP contribution >= 0.6 is 0 Å². The molecule has 0 aromatic heterocycles. The summed E-state index contributed by atoms with van der Waals surface area (Å²) in [5.41, 5.74) is 0.814. The smallest absolute Gasteiger partial charge is 0.306 e. The molecule has 1 fully saturated rings. The summed E-state index contributed by atoms with van der Waals surface area (Å²) in [7, 11) is 1.39. The molecule has 1 amide bonds. The Labute approximate surface area is 138 Å². The van der Waals surface area contributed by atoms with E-state index in [1.54, 1.807) is 0 Å². The van der Waals surface area contributed by atoms with Crippen molar-refractivity contribution in [3.8, 4) is 0 Å². The van der Waals surface area contributed by atoms with Crippen LogP contribution in [-0.4, -0.2) is 30.4 Å². The summed E-state index contributed by atoms with van der Waals surface area (Å²) < 4.78 is 4.74. The molecule has 0 radical (unpaired) electrons. The fourth-order valence-electron chi connectivity index (χ4n) is 3.29. The lowest BCUT2D eigenvalue weighted by molar-refractivity contribution is -0.144. The Morgan fingerprint density at radius 2 is 1.87 bits per heavy atom. The molecule has 126 valence electrons. The predicted molar refractivity (Wildman–Crippen MR) is 89.8 cm³/mol. The van der Waals surface area contributed by atoms with Crippen LogP contribution in [0.1, 0.15) is 57.6 Å². The topological polar surface area (TPSA) is 46.6 Å². The van der Waals surface area contributed by atoms with Gasteiger partial charge in [0.05, 0.1) is 19.6 Å². The van der Waals surface area contributed by atoms with Gasteiger partial charge in [0, 0.05) is 13.0 Å². The van der Waals surface area contributed by atoms with E-state index < -0.39 is 0 Å². The van der Waals surface area contributed by atoms with Gasteiger partial charge < -0.3 is 9.64 Å². The zero-order valence-electron chi connectivity index (χ0n) is 14.4. The van der Waals surface area contributed by atoms with Crippen molar-refractivity contribution in [1.82, 2.24) is 4.90 Å². The zero-order valence-corrected chi connectivity index (χ0v) is 14.4. The minimum Gasteiger partial charge on any atom is -0.469 e. The standard InChI is InChI=1S/C19H27NO3/c1-19(2,14-18(22)23-3)13-17(21)20-12-8-7-11-16(20)15-9-5-4-6-10-15/h4-6,9-10,16H,7-8,11-14H2,1-3H3/t16-/m1/s1. The molecule has 1 aliphatic heterocycles. The molecule has 1 atom stereocenters. The van der Waals surface area contributed by atoms with Gasteiger partial charge in [-0.3, -0.25) is 9.59 Å². The Hall–Kier alpha value is -1.84. The van der Waals surface area contributed by atoms with Crippen molar-refractivity contribution in [2.75, 3.05) is 13.7 Å². The van der Waals surface area contributed by atoms with Crippen LogP contribution in [0.5, 0.6) is 0 Å². The number of rotatable bonds is 5. The van der Waals surface area contributed by atoms with Crippen molar-refractivity contribution in [2.24, 2.45) is 5.41 Å². The highest BCUT2D eigenvalue weighted by Gasteiger charge is 2.32. The van der Waals surface area contributed by atoms with Crippen molar-refractivity contribution in [2.45, 2.75) is 52.0 Å². The summed E-state index contributed by atoms with van der Waals surface area (Å²) in [5.74, 6) is -0.131. The Morgan fingerprint density at radius 1 is 1.17 bits per heavy atom. The Balaban J connectivity index is 2.08. The Morgan fingerprint density at radius 3 is 2.52 bits per heavy atom. The molecule has 1 aromatic rings. The first kappa shape index (κ1) is 17.5. The molecule has 0 bridgehead atoms. The minimum atomic E-state index is -0.386. The molecular formula is C19H27NO3. The van der Waals surface area contributed by atoms with Crippen molar-refractivity contribution in [3.05, 3.63) is 35.9 Å². The molecule has 1 aliphatic rings. The van der Waals surface area contributed by atoms with E-state index in [4.69, 9.17) is 4.74 Å². The average Bonchev–Trinajstić information content (AvgIpc) is 2.54. The van der Waals surface area contributed by atoms with Gasteiger partial charge in [-0.05, 0) is 30.2 Å². The Bertz CT molecular complexity index is 539. The van der Waals surface area contributed by atoms with Crippen molar-refractivity contribution >= 4 is 11.9 Å². The molecule has 0 unspecified atom stereocenters. The summed E-state index contributed by atoms with van der Waals surface area (Å²) in [6, 6.07) is 10.4. The number of hydrogen-bond donors (Lipinski definition) is 0. The van der Waals surface area contributed by atoms with Crippen LogP contribution in [0.25, 0.3) is 0 Å². The number of piperidine rings is 1. The highest BCUT2D eigenvalue weighted by Crippen LogP contribution is 2.34. The van der Waals surface area contributed by atoms with E-state index in [1.807, 2.05) is 36.9 Å². The second kappa shape index (κ2) is 7.62. The molecule has 4 heteroatoms. The van der Waals surface area contributed by atoms with Gasteiger partial charge in [-0.15, -0.1) is 0 Å². The highest BCUT2D eigenvalue weighted by molar-refractivity contribution is 5.79. The maximum Gasteiger partial charge on any atom is 0.306 e. The zero-order chi connectivity index (χ0) is 16.9. The van der Waals surface area contributed by atoms with Gasteiger partial charge in [0.15, 0.2) is 0 Å². The van der Waals surface area contributed by atoms with Crippen LogP contribution in [0, 0.1) is 5.41 Å². The minimum absolute atomic E-state index is 0.132. The lowest BCUT2D eigenvalue weighted by Gasteiger charge is -2.38. The normalized spacial score (nSPS) is 18.6. The molecule has 1 aromatic carbocycles. The monoisotopic (exact) mass is 317 g/mol. The number of nitrogens with zero attached hydrogens (tertiary/aromatic N) is 1. The number of ether oxygens (including phenoxy) is 1. The van der Waals surface area contributed by atoms with Crippen molar-refractivity contribution < 1.29 is 14.3 Å². The van der Waals surface area contributed by atoms with Crippen LogP contribution in [0.2, 0.25) is 0 Å². The third-order valence-electron chi connectivity index (χ3n) is 4.49. The van der Waals surface area contributed by atoms with E-state index >= 15 is 0 Å². The van der Waals surface area contributed by atoms with Crippen LogP contribution in [0.4, 0.5) is 0 Å². The molecule has 1 saturated heterocycles. The van der Waals surface area contributed by atoms with Gasteiger partial charge in [-0.1, -0.05) is 44.2 Å². The fraction of sp³-hybridized carbons (Fsp3) is 0.579. The highest BCUT2D eigenvalue weighted by atomic mass is 16.5. The first-order valence-corrected chi connectivity index (χ1v) is 8.34. The first-order valence-electron chi connectivity index (χ1n) is 8.34. The molecule has 0 saturated carbocycles. The quantitative estimate of drug-likeness (QED) is 0.778.